The smallest absolute Gasteiger partial charge is 0.129 e. The van der Waals surface area contributed by atoms with Gasteiger partial charge >= 0.3 is 0 Å². The summed E-state index contributed by atoms with van der Waals surface area (Å²) in [7, 11) is -1.37. The van der Waals surface area contributed by atoms with Crippen molar-refractivity contribution >= 4 is 29.9 Å². The second-order valence-corrected chi connectivity index (χ2v) is 12.2. The SMILES string of the molecule is C[Si](C)(C)C#Cc1ccc2c(c1)c1ccccc1n2-c1ccccc1. The average Bonchev–Trinajstić information content (AvgIpc) is 2.94. The maximum atomic E-state index is 3.47. The first-order valence-electron chi connectivity index (χ1n) is 8.65. The van der Waals surface area contributed by atoms with Gasteiger partial charge in [-0.15, -0.1) is 5.54 Å². The van der Waals surface area contributed by atoms with Crippen LogP contribution in [-0.2, 0) is 0 Å². The highest BCUT2D eigenvalue weighted by atomic mass is 28.3. The number of rotatable bonds is 1. The normalized spacial score (nSPS) is 11.5. The molecule has 1 nitrogen and oxygen atoms in total. The predicted molar refractivity (Wildman–Crippen MR) is 111 cm³/mol. The Bertz CT molecular complexity index is 1120. The number of para-hydroxylation sites is 2. The van der Waals surface area contributed by atoms with Crippen LogP contribution in [0.1, 0.15) is 5.56 Å². The van der Waals surface area contributed by atoms with Crippen LogP contribution in [0.15, 0.2) is 72.8 Å². The number of nitrogens with zero attached hydrogens (tertiary/aromatic N) is 1. The molecule has 3 aromatic carbocycles. The second-order valence-electron chi connectivity index (χ2n) is 7.42. The van der Waals surface area contributed by atoms with E-state index in [0.717, 1.165) is 5.56 Å². The van der Waals surface area contributed by atoms with Crippen LogP contribution < -0.4 is 0 Å². The minimum Gasteiger partial charge on any atom is -0.309 e. The molecule has 0 bridgehead atoms. The molecule has 122 valence electrons. The van der Waals surface area contributed by atoms with E-state index in [1.165, 1.54) is 27.5 Å². The van der Waals surface area contributed by atoms with Crippen molar-refractivity contribution in [2.75, 3.05) is 0 Å². The standard InChI is InChI=1S/C23H21NSi/c1-25(2,3)16-15-18-13-14-23-21(17-18)20-11-7-8-12-22(20)24(23)19-9-5-4-6-10-19/h4-14,17H,1-3H3. The van der Waals surface area contributed by atoms with E-state index in [1.807, 2.05) is 0 Å². The summed E-state index contributed by atoms with van der Waals surface area (Å²) in [4.78, 5) is 0. The molecule has 25 heavy (non-hydrogen) atoms. The Hall–Kier alpha value is -2.76. The van der Waals surface area contributed by atoms with Crippen LogP contribution in [0.3, 0.4) is 0 Å². The van der Waals surface area contributed by atoms with Gasteiger partial charge in [0, 0.05) is 22.0 Å². The molecule has 0 atom stereocenters. The summed E-state index contributed by atoms with van der Waals surface area (Å²) >= 11 is 0. The van der Waals surface area contributed by atoms with E-state index < -0.39 is 8.07 Å². The summed E-state index contributed by atoms with van der Waals surface area (Å²) < 4.78 is 2.33. The summed E-state index contributed by atoms with van der Waals surface area (Å²) in [5.41, 5.74) is 8.23. The first-order chi connectivity index (χ1) is 12.0. The zero-order chi connectivity index (χ0) is 17.4. The minimum atomic E-state index is -1.37. The average molecular weight is 340 g/mol. The highest BCUT2D eigenvalue weighted by Crippen LogP contribution is 2.32. The fourth-order valence-electron chi connectivity index (χ4n) is 3.17. The number of aromatic nitrogens is 1. The topological polar surface area (TPSA) is 4.93 Å². The van der Waals surface area contributed by atoms with Gasteiger partial charge in [-0.25, -0.2) is 0 Å². The van der Waals surface area contributed by atoms with Crippen LogP contribution in [0.2, 0.25) is 19.6 Å². The van der Waals surface area contributed by atoms with Crippen molar-refractivity contribution in [1.82, 2.24) is 4.57 Å². The van der Waals surface area contributed by atoms with E-state index in [9.17, 15) is 0 Å². The number of benzene rings is 3. The van der Waals surface area contributed by atoms with Gasteiger partial charge in [0.2, 0.25) is 0 Å². The molecule has 1 aromatic heterocycles. The predicted octanol–water partition coefficient (Wildman–Crippen LogP) is 6.01. The van der Waals surface area contributed by atoms with E-state index in [4.69, 9.17) is 0 Å². The van der Waals surface area contributed by atoms with E-state index in [2.05, 4.69) is 108 Å². The van der Waals surface area contributed by atoms with Crippen molar-refractivity contribution in [3.8, 4) is 17.2 Å². The number of hydrogen-bond acceptors (Lipinski definition) is 0. The Morgan fingerprint density at radius 1 is 0.720 bits per heavy atom. The second kappa shape index (κ2) is 5.95. The molecule has 0 aliphatic carbocycles. The Labute approximate surface area is 149 Å². The highest BCUT2D eigenvalue weighted by Gasteiger charge is 2.12. The largest absolute Gasteiger partial charge is 0.309 e. The molecule has 0 unspecified atom stereocenters. The summed E-state index contributed by atoms with van der Waals surface area (Å²) in [6.07, 6.45) is 0. The van der Waals surface area contributed by atoms with Crippen LogP contribution in [0.25, 0.3) is 27.5 Å². The van der Waals surface area contributed by atoms with E-state index in [1.54, 1.807) is 0 Å². The molecule has 0 amide bonds. The number of hydrogen-bond donors (Lipinski definition) is 0. The maximum Gasteiger partial charge on any atom is 0.129 e. The van der Waals surface area contributed by atoms with Gasteiger partial charge in [0.15, 0.2) is 0 Å². The summed E-state index contributed by atoms with van der Waals surface area (Å²) in [6, 6.07) is 25.7. The first-order valence-corrected chi connectivity index (χ1v) is 12.1. The Kier molecular flexibility index (Phi) is 3.75. The summed E-state index contributed by atoms with van der Waals surface area (Å²) in [5, 5.41) is 2.54. The van der Waals surface area contributed by atoms with Gasteiger partial charge in [-0.05, 0) is 36.4 Å². The lowest BCUT2D eigenvalue weighted by molar-refractivity contribution is 1.18. The van der Waals surface area contributed by atoms with Crippen molar-refractivity contribution in [3.63, 3.8) is 0 Å². The molecule has 0 N–H and O–H groups in total. The van der Waals surface area contributed by atoms with Crippen molar-refractivity contribution < 1.29 is 0 Å². The molecule has 2 heteroatoms. The molecule has 4 rings (SSSR count). The third-order valence-corrected chi connectivity index (χ3v) is 5.14. The van der Waals surface area contributed by atoms with E-state index >= 15 is 0 Å². The van der Waals surface area contributed by atoms with Gasteiger partial charge in [0.25, 0.3) is 0 Å². The van der Waals surface area contributed by atoms with Crippen LogP contribution >= 0.6 is 0 Å². The molecular formula is C23H21NSi. The molecule has 4 aromatic rings. The lowest BCUT2D eigenvalue weighted by Crippen LogP contribution is -2.16. The maximum absolute atomic E-state index is 3.47. The Balaban J connectivity index is 2.01. The third kappa shape index (κ3) is 2.99. The van der Waals surface area contributed by atoms with Gasteiger partial charge in [0.1, 0.15) is 8.07 Å². The highest BCUT2D eigenvalue weighted by molar-refractivity contribution is 6.83. The Morgan fingerprint density at radius 3 is 2.16 bits per heavy atom. The van der Waals surface area contributed by atoms with Gasteiger partial charge < -0.3 is 4.57 Å². The lowest BCUT2D eigenvalue weighted by atomic mass is 10.1. The van der Waals surface area contributed by atoms with Gasteiger partial charge in [-0.3, -0.25) is 0 Å². The fourth-order valence-corrected chi connectivity index (χ4v) is 3.68. The van der Waals surface area contributed by atoms with Crippen molar-refractivity contribution in [2.45, 2.75) is 19.6 Å². The molecule has 0 aliphatic heterocycles. The zero-order valence-electron chi connectivity index (χ0n) is 14.9. The molecule has 0 saturated heterocycles. The molecule has 1 heterocycles. The van der Waals surface area contributed by atoms with Crippen molar-refractivity contribution in [2.24, 2.45) is 0 Å². The van der Waals surface area contributed by atoms with Crippen LogP contribution in [0, 0.1) is 11.5 Å². The molecule has 0 aliphatic rings. The zero-order valence-corrected chi connectivity index (χ0v) is 15.9. The van der Waals surface area contributed by atoms with E-state index in [0.29, 0.717) is 0 Å². The molecule has 0 fully saturated rings. The van der Waals surface area contributed by atoms with E-state index in [-0.39, 0.29) is 0 Å². The van der Waals surface area contributed by atoms with Crippen LogP contribution in [0.4, 0.5) is 0 Å². The minimum absolute atomic E-state index is 1.10. The van der Waals surface area contributed by atoms with Crippen LogP contribution in [0.5, 0.6) is 0 Å². The monoisotopic (exact) mass is 339 g/mol. The van der Waals surface area contributed by atoms with Crippen molar-refractivity contribution in [1.29, 1.82) is 0 Å². The Morgan fingerprint density at radius 2 is 1.40 bits per heavy atom. The van der Waals surface area contributed by atoms with Crippen molar-refractivity contribution in [3.05, 3.63) is 78.4 Å². The van der Waals surface area contributed by atoms with Gasteiger partial charge in [-0.1, -0.05) is 62.0 Å². The van der Waals surface area contributed by atoms with Crippen LogP contribution in [-0.4, -0.2) is 12.6 Å². The molecule has 0 spiro atoms. The molecular weight excluding hydrogens is 318 g/mol. The van der Waals surface area contributed by atoms with Gasteiger partial charge in [-0.2, -0.15) is 0 Å². The van der Waals surface area contributed by atoms with Gasteiger partial charge in [0.05, 0.1) is 11.0 Å². The number of fused-ring (bicyclic) bond motifs is 3. The summed E-state index contributed by atoms with van der Waals surface area (Å²) in [6.45, 7) is 6.83. The molecule has 0 radical (unpaired) electrons. The summed E-state index contributed by atoms with van der Waals surface area (Å²) in [5.74, 6) is 3.39. The quantitative estimate of drug-likeness (QED) is 0.295. The first kappa shape index (κ1) is 15.7. The lowest BCUT2D eigenvalue weighted by Gasteiger charge is -2.07. The molecule has 0 saturated carbocycles. The third-order valence-electron chi connectivity index (χ3n) is 4.27. The fraction of sp³-hybridized carbons (Fsp3) is 0.130.